The Morgan fingerprint density at radius 1 is 1.10 bits per heavy atom. The van der Waals surface area contributed by atoms with Crippen molar-refractivity contribution in [2.24, 2.45) is 0 Å². The van der Waals surface area contributed by atoms with E-state index in [1.807, 2.05) is 6.07 Å². The maximum absolute atomic E-state index is 12.9. The molecule has 1 aromatic heterocycles. The van der Waals surface area contributed by atoms with Gasteiger partial charge in [-0.15, -0.1) is 0 Å². The van der Waals surface area contributed by atoms with Crippen molar-refractivity contribution < 1.29 is 13.9 Å². The fourth-order valence-electron chi connectivity index (χ4n) is 1.96. The van der Waals surface area contributed by atoms with E-state index in [-0.39, 0.29) is 5.82 Å². The molecule has 0 bridgehead atoms. The summed E-state index contributed by atoms with van der Waals surface area (Å²) in [6.07, 6.45) is 0. The van der Waals surface area contributed by atoms with Crippen molar-refractivity contribution in [1.82, 2.24) is 4.98 Å². The normalized spacial score (nSPS) is 10.6. The van der Waals surface area contributed by atoms with Gasteiger partial charge in [0.1, 0.15) is 22.8 Å². The molecule has 0 saturated carbocycles. The Hall–Kier alpha value is -2.34. The molecule has 0 unspecified atom stereocenters. The van der Waals surface area contributed by atoms with Crippen LogP contribution in [0.4, 0.5) is 15.2 Å². The Morgan fingerprint density at radius 3 is 2.52 bits per heavy atom. The Morgan fingerprint density at radius 2 is 1.86 bits per heavy atom. The third kappa shape index (κ3) is 2.75. The summed E-state index contributed by atoms with van der Waals surface area (Å²) < 4.78 is 24.4. The molecule has 21 heavy (non-hydrogen) atoms. The summed E-state index contributed by atoms with van der Waals surface area (Å²) in [4.78, 5) is 4.51. The highest BCUT2D eigenvalue weighted by Crippen LogP contribution is 2.37. The quantitative estimate of drug-likeness (QED) is 0.784. The van der Waals surface area contributed by atoms with Crippen LogP contribution in [0.25, 0.3) is 10.2 Å². The Bertz CT molecular complexity index is 771. The summed E-state index contributed by atoms with van der Waals surface area (Å²) in [5.74, 6) is 1.11. The van der Waals surface area contributed by atoms with Gasteiger partial charge >= 0.3 is 0 Å². The van der Waals surface area contributed by atoms with Crippen molar-refractivity contribution >= 4 is 32.4 Å². The molecular weight excluding hydrogens is 291 g/mol. The molecule has 0 aliphatic heterocycles. The van der Waals surface area contributed by atoms with Gasteiger partial charge in [-0.25, -0.2) is 9.37 Å². The van der Waals surface area contributed by atoms with E-state index in [0.29, 0.717) is 10.9 Å². The van der Waals surface area contributed by atoms with Gasteiger partial charge in [-0.2, -0.15) is 0 Å². The van der Waals surface area contributed by atoms with E-state index in [9.17, 15) is 4.39 Å². The lowest BCUT2D eigenvalue weighted by Gasteiger charge is -2.03. The number of nitrogens with zero attached hydrogens (tertiary/aromatic N) is 1. The number of rotatable bonds is 4. The highest BCUT2D eigenvalue weighted by atomic mass is 32.1. The molecule has 3 rings (SSSR count). The molecule has 0 amide bonds. The monoisotopic (exact) mass is 304 g/mol. The van der Waals surface area contributed by atoms with Crippen LogP contribution < -0.4 is 14.8 Å². The van der Waals surface area contributed by atoms with Crippen LogP contribution in [0.1, 0.15) is 0 Å². The number of nitrogens with one attached hydrogen (secondary N) is 1. The maximum Gasteiger partial charge on any atom is 0.188 e. The molecule has 0 spiro atoms. The predicted octanol–water partition coefficient (Wildman–Crippen LogP) is 4.20. The van der Waals surface area contributed by atoms with Crippen molar-refractivity contribution in [2.45, 2.75) is 0 Å². The van der Waals surface area contributed by atoms with Crippen molar-refractivity contribution in [3.8, 4) is 11.5 Å². The van der Waals surface area contributed by atoms with E-state index >= 15 is 0 Å². The van der Waals surface area contributed by atoms with Crippen molar-refractivity contribution in [2.75, 3.05) is 19.5 Å². The van der Waals surface area contributed by atoms with E-state index in [0.717, 1.165) is 21.7 Å². The smallest absolute Gasteiger partial charge is 0.188 e. The van der Waals surface area contributed by atoms with Crippen molar-refractivity contribution in [3.63, 3.8) is 0 Å². The molecule has 0 fully saturated rings. The van der Waals surface area contributed by atoms with Crippen LogP contribution >= 0.6 is 11.3 Å². The molecule has 0 atom stereocenters. The summed E-state index contributed by atoms with van der Waals surface area (Å²) in [6, 6.07) is 9.84. The fourth-order valence-corrected chi connectivity index (χ4v) is 2.89. The average molecular weight is 304 g/mol. The standard InChI is InChI=1S/C15H13FN2O2S/c1-19-11-7-12(20-2)14-13(8-11)21-15(18-14)17-10-5-3-9(16)4-6-10/h3-8H,1-2H3,(H,17,18). The number of fused-ring (bicyclic) bond motifs is 1. The summed E-state index contributed by atoms with van der Waals surface area (Å²) in [5, 5.41) is 3.86. The molecule has 108 valence electrons. The maximum atomic E-state index is 12.9. The first-order valence-corrected chi connectivity index (χ1v) is 7.06. The second-order valence-corrected chi connectivity index (χ2v) is 5.36. The molecule has 6 heteroatoms. The van der Waals surface area contributed by atoms with Gasteiger partial charge in [0.25, 0.3) is 0 Å². The lowest BCUT2D eigenvalue weighted by atomic mass is 10.3. The Labute approximate surface area is 125 Å². The van der Waals surface area contributed by atoms with E-state index in [2.05, 4.69) is 10.3 Å². The number of benzene rings is 2. The number of methoxy groups -OCH3 is 2. The van der Waals surface area contributed by atoms with E-state index in [1.165, 1.54) is 23.5 Å². The van der Waals surface area contributed by atoms with Gasteiger partial charge in [0.2, 0.25) is 0 Å². The topological polar surface area (TPSA) is 43.4 Å². The number of halogens is 1. The summed E-state index contributed by atoms with van der Waals surface area (Å²) in [7, 11) is 3.21. The zero-order chi connectivity index (χ0) is 14.8. The van der Waals surface area contributed by atoms with E-state index < -0.39 is 0 Å². The van der Waals surface area contributed by atoms with Crippen LogP contribution in [-0.2, 0) is 0 Å². The number of aromatic nitrogens is 1. The Kier molecular flexibility index (Phi) is 3.62. The molecule has 1 N–H and O–H groups in total. The molecular formula is C15H13FN2O2S. The molecule has 4 nitrogen and oxygen atoms in total. The van der Waals surface area contributed by atoms with Gasteiger partial charge in [-0.05, 0) is 30.3 Å². The van der Waals surface area contributed by atoms with Gasteiger partial charge < -0.3 is 14.8 Å². The largest absolute Gasteiger partial charge is 0.497 e. The number of ether oxygens (including phenoxy) is 2. The van der Waals surface area contributed by atoms with Crippen LogP contribution in [0.15, 0.2) is 36.4 Å². The molecule has 3 aromatic rings. The Balaban J connectivity index is 1.98. The molecule has 0 radical (unpaired) electrons. The van der Waals surface area contributed by atoms with Crippen LogP contribution in [0.5, 0.6) is 11.5 Å². The molecule has 2 aromatic carbocycles. The third-order valence-corrected chi connectivity index (χ3v) is 3.90. The number of hydrogen-bond donors (Lipinski definition) is 1. The minimum atomic E-state index is -0.267. The molecule has 0 aliphatic carbocycles. The van der Waals surface area contributed by atoms with Gasteiger partial charge in [-0.3, -0.25) is 0 Å². The number of thiazole rings is 1. The SMILES string of the molecule is COc1cc(OC)c2nc(Nc3ccc(F)cc3)sc2c1. The second-order valence-electron chi connectivity index (χ2n) is 4.33. The molecule has 0 aliphatic rings. The van der Waals surface area contributed by atoms with Crippen LogP contribution in [-0.4, -0.2) is 19.2 Å². The first kappa shape index (κ1) is 13.6. The second kappa shape index (κ2) is 5.57. The summed E-state index contributed by atoms with van der Waals surface area (Å²) >= 11 is 1.48. The third-order valence-electron chi connectivity index (χ3n) is 2.98. The average Bonchev–Trinajstić information content (AvgIpc) is 2.90. The van der Waals surface area contributed by atoms with Gasteiger partial charge in [0, 0.05) is 11.8 Å². The van der Waals surface area contributed by atoms with Crippen LogP contribution in [0.2, 0.25) is 0 Å². The highest BCUT2D eigenvalue weighted by molar-refractivity contribution is 7.22. The molecule has 1 heterocycles. The van der Waals surface area contributed by atoms with Crippen molar-refractivity contribution in [1.29, 1.82) is 0 Å². The van der Waals surface area contributed by atoms with Crippen LogP contribution in [0, 0.1) is 5.82 Å². The van der Waals surface area contributed by atoms with Crippen molar-refractivity contribution in [3.05, 3.63) is 42.2 Å². The fraction of sp³-hybridized carbons (Fsp3) is 0.133. The summed E-state index contributed by atoms with van der Waals surface area (Å²) in [6.45, 7) is 0. The van der Waals surface area contributed by atoms with Crippen LogP contribution in [0.3, 0.4) is 0 Å². The number of anilines is 2. The lowest BCUT2D eigenvalue weighted by molar-refractivity contribution is 0.397. The zero-order valence-corrected chi connectivity index (χ0v) is 12.3. The van der Waals surface area contributed by atoms with Gasteiger partial charge in [-0.1, -0.05) is 11.3 Å². The first-order valence-electron chi connectivity index (χ1n) is 6.25. The van der Waals surface area contributed by atoms with E-state index in [4.69, 9.17) is 9.47 Å². The molecule has 0 saturated heterocycles. The predicted molar refractivity (Wildman–Crippen MR) is 82.4 cm³/mol. The number of hydrogen-bond acceptors (Lipinski definition) is 5. The van der Waals surface area contributed by atoms with E-state index in [1.54, 1.807) is 32.4 Å². The minimum Gasteiger partial charge on any atom is -0.497 e. The van der Waals surface area contributed by atoms with Gasteiger partial charge in [0.05, 0.1) is 18.9 Å². The lowest BCUT2D eigenvalue weighted by Crippen LogP contribution is -1.90. The zero-order valence-electron chi connectivity index (χ0n) is 11.5. The first-order chi connectivity index (χ1) is 10.2. The minimum absolute atomic E-state index is 0.267. The summed E-state index contributed by atoms with van der Waals surface area (Å²) in [5.41, 5.74) is 1.55. The highest BCUT2D eigenvalue weighted by Gasteiger charge is 2.11. The van der Waals surface area contributed by atoms with Gasteiger partial charge in [0.15, 0.2) is 5.13 Å².